The average Bonchev–Trinajstić information content (AvgIpc) is 3.03. The molecule has 7 nitrogen and oxygen atoms in total. The molecule has 26 heavy (non-hydrogen) atoms. The molecule has 0 saturated carbocycles. The highest BCUT2D eigenvalue weighted by Crippen LogP contribution is 2.28. The minimum absolute atomic E-state index is 0.0696. The highest BCUT2D eigenvalue weighted by Gasteiger charge is 2.24. The van der Waals surface area contributed by atoms with Crippen LogP contribution in [0.4, 0.5) is 14.7 Å². The van der Waals surface area contributed by atoms with Gasteiger partial charge in [-0.05, 0) is 18.9 Å². The lowest BCUT2D eigenvalue weighted by Gasteiger charge is -2.26. The predicted octanol–water partition coefficient (Wildman–Crippen LogP) is 3.02. The number of ether oxygens (including phenoxy) is 1. The van der Waals surface area contributed by atoms with Gasteiger partial charge in [0.25, 0.3) is 0 Å². The second kappa shape index (κ2) is 8.66. The number of hydrogen-bond donors (Lipinski definition) is 2. The van der Waals surface area contributed by atoms with Crippen molar-refractivity contribution in [1.29, 1.82) is 0 Å². The van der Waals surface area contributed by atoms with Crippen molar-refractivity contribution in [2.75, 3.05) is 25.0 Å². The van der Waals surface area contributed by atoms with Crippen molar-refractivity contribution in [2.45, 2.75) is 26.3 Å². The second-order valence-electron chi connectivity index (χ2n) is 5.87. The van der Waals surface area contributed by atoms with E-state index >= 15 is 0 Å². The maximum atomic E-state index is 12.4. The molecule has 138 valence electrons. The molecule has 0 fully saturated rings. The Bertz CT molecular complexity index is 763. The summed E-state index contributed by atoms with van der Waals surface area (Å²) >= 11 is 1.39. The Morgan fingerprint density at radius 3 is 2.88 bits per heavy atom. The molecule has 1 aromatic heterocycles. The number of amides is 3. The predicted molar refractivity (Wildman–Crippen MR) is 100 cm³/mol. The van der Waals surface area contributed by atoms with Gasteiger partial charge in [-0.1, -0.05) is 41.7 Å². The molecule has 0 spiro atoms. The van der Waals surface area contributed by atoms with Crippen molar-refractivity contribution in [3.8, 4) is 0 Å². The molecule has 1 aromatic carbocycles. The molecular formula is C18H22N4O3S. The Balaban J connectivity index is 1.50. The Hall–Kier alpha value is -2.61. The molecule has 0 aliphatic carbocycles. The summed E-state index contributed by atoms with van der Waals surface area (Å²) in [5, 5.41) is 6.11. The van der Waals surface area contributed by atoms with Crippen LogP contribution in [0.2, 0.25) is 0 Å². The Labute approximate surface area is 156 Å². The largest absolute Gasteiger partial charge is 0.450 e. The SMILES string of the molecule is CCOC(=O)Nc1nc2c(s1)CN(C(=O)NCCc1ccccc1)CC2. The van der Waals surface area contributed by atoms with Crippen LogP contribution in [0.1, 0.15) is 23.1 Å². The minimum Gasteiger partial charge on any atom is -0.450 e. The van der Waals surface area contributed by atoms with Crippen LogP contribution in [0.3, 0.4) is 0 Å². The van der Waals surface area contributed by atoms with Gasteiger partial charge in [-0.3, -0.25) is 5.32 Å². The molecule has 0 atom stereocenters. The van der Waals surface area contributed by atoms with Crippen molar-refractivity contribution >= 4 is 28.6 Å². The maximum Gasteiger partial charge on any atom is 0.413 e. The number of carbonyl (C=O) groups excluding carboxylic acids is 2. The zero-order valence-corrected chi connectivity index (χ0v) is 15.5. The topological polar surface area (TPSA) is 83.6 Å². The lowest BCUT2D eigenvalue weighted by Crippen LogP contribution is -2.43. The fraction of sp³-hybridized carbons (Fsp3) is 0.389. The van der Waals surface area contributed by atoms with Crippen LogP contribution in [0.5, 0.6) is 0 Å². The van der Waals surface area contributed by atoms with Crippen LogP contribution in [0, 0.1) is 0 Å². The molecule has 0 unspecified atom stereocenters. The molecule has 1 aliphatic heterocycles. The Morgan fingerprint density at radius 2 is 2.12 bits per heavy atom. The van der Waals surface area contributed by atoms with E-state index in [4.69, 9.17) is 4.74 Å². The van der Waals surface area contributed by atoms with Crippen LogP contribution in [0.15, 0.2) is 30.3 Å². The van der Waals surface area contributed by atoms with E-state index in [1.807, 2.05) is 18.2 Å². The summed E-state index contributed by atoms with van der Waals surface area (Å²) in [6.45, 7) is 3.79. The van der Waals surface area contributed by atoms with Crippen molar-refractivity contribution in [1.82, 2.24) is 15.2 Å². The highest BCUT2D eigenvalue weighted by atomic mass is 32.1. The van der Waals surface area contributed by atoms with Gasteiger partial charge in [-0.15, -0.1) is 0 Å². The maximum absolute atomic E-state index is 12.4. The molecule has 1 aliphatic rings. The van der Waals surface area contributed by atoms with E-state index in [1.165, 1.54) is 16.9 Å². The fourth-order valence-corrected chi connectivity index (χ4v) is 3.76. The standard InChI is InChI=1S/C18H22N4O3S/c1-2-25-18(24)21-16-20-14-9-11-22(12-15(14)26-16)17(23)19-10-8-13-6-4-3-5-7-13/h3-7H,2,8-12H2,1H3,(H,19,23)(H,20,21,24). The van der Waals surface area contributed by atoms with Gasteiger partial charge in [0.15, 0.2) is 5.13 Å². The van der Waals surface area contributed by atoms with Crippen LogP contribution in [-0.2, 0) is 24.1 Å². The molecule has 2 N–H and O–H groups in total. The third-order valence-corrected chi connectivity index (χ3v) is 5.03. The van der Waals surface area contributed by atoms with E-state index in [1.54, 1.807) is 11.8 Å². The number of thiazole rings is 1. The van der Waals surface area contributed by atoms with Gasteiger partial charge in [-0.25, -0.2) is 14.6 Å². The van der Waals surface area contributed by atoms with E-state index in [0.717, 1.165) is 17.0 Å². The molecule has 3 amide bonds. The van der Waals surface area contributed by atoms with Gasteiger partial charge in [0.1, 0.15) is 0 Å². The number of nitrogens with one attached hydrogen (secondary N) is 2. The van der Waals surface area contributed by atoms with Gasteiger partial charge < -0.3 is 15.0 Å². The van der Waals surface area contributed by atoms with Gasteiger partial charge in [0.2, 0.25) is 0 Å². The number of hydrogen-bond acceptors (Lipinski definition) is 5. The average molecular weight is 374 g/mol. The summed E-state index contributed by atoms with van der Waals surface area (Å²) in [6.07, 6.45) is 0.983. The van der Waals surface area contributed by atoms with Crippen LogP contribution in [0.25, 0.3) is 0 Å². The minimum atomic E-state index is -0.505. The van der Waals surface area contributed by atoms with Crippen LogP contribution >= 0.6 is 11.3 Å². The highest BCUT2D eigenvalue weighted by molar-refractivity contribution is 7.15. The third-order valence-electron chi connectivity index (χ3n) is 4.04. The number of anilines is 1. The Kier molecular flexibility index (Phi) is 6.06. The summed E-state index contributed by atoms with van der Waals surface area (Å²) in [5.74, 6) is 0. The van der Waals surface area contributed by atoms with E-state index in [-0.39, 0.29) is 6.03 Å². The fourth-order valence-electron chi connectivity index (χ4n) is 2.75. The number of carbonyl (C=O) groups is 2. The summed E-state index contributed by atoms with van der Waals surface area (Å²) in [6, 6.07) is 10.0. The smallest absolute Gasteiger partial charge is 0.413 e. The molecule has 3 rings (SSSR count). The molecule has 2 aromatic rings. The quantitative estimate of drug-likeness (QED) is 0.843. The third kappa shape index (κ3) is 4.72. The first-order chi connectivity index (χ1) is 12.7. The summed E-state index contributed by atoms with van der Waals surface area (Å²) < 4.78 is 4.86. The van der Waals surface area contributed by atoms with Gasteiger partial charge in [0.05, 0.1) is 18.8 Å². The summed E-state index contributed by atoms with van der Waals surface area (Å²) in [7, 11) is 0. The van der Waals surface area contributed by atoms with Crippen molar-refractivity contribution in [3.63, 3.8) is 0 Å². The molecule has 8 heteroatoms. The first-order valence-electron chi connectivity index (χ1n) is 8.64. The first-order valence-corrected chi connectivity index (χ1v) is 9.46. The van der Waals surface area contributed by atoms with Crippen molar-refractivity contribution < 1.29 is 14.3 Å². The van der Waals surface area contributed by atoms with Crippen molar-refractivity contribution in [3.05, 3.63) is 46.5 Å². The van der Waals surface area contributed by atoms with E-state index < -0.39 is 6.09 Å². The first kappa shape index (κ1) is 18.2. The molecular weight excluding hydrogens is 352 g/mol. The normalized spacial score (nSPS) is 13.0. The van der Waals surface area contributed by atoms with E-state index in [0.29, 0.717) is 37.8 Å². The molecule has 2 heterocycles. The molecule has 0 radical (unpaired) electrons. The number of urea groups is 1. The lowest BCUT2D eigenvalue weighted by molar-refractivity contribution is 0.168. The zero-order valence-electron chi connectivity index (χ0n) is 14.7. The van der Waals surface area contributed by atoms with E-state index in [2.05, 4.69) is 27.8 Å². The van der Waals surface area contributed by atoms with Crippen molar-refractivity contribution in [2.24, 2.45) is 0 Å². The van der Waals surface area contributed by atoms with Gasteiger partial charge >= 0.3 is 12.1 Å². The number of aromatic nitrogens is 1. The monoisotopic (exact) mass is 374 g/mol. The molecule has 0 saturated heterocycles. The lowest BCUT2D eigenvalue weighted by atomic mass is 10.1. The van der Waals surface area contributed by atoms with Crippen LogP contribution in [-0.4, -0.2) is 41.7 Å². The van der Waals surface area contributed by atoms with Gasteiger partial charge in [-0.2, -0.15) is 0 Å². The number of fused-ring (bicyclic) bond motifs is 1. The van der Waals surface area contributed by atoms with Gasteiger partial charge in [0, 0.05) is 24.4 Å². The summed E-state index contributed by atoms with van der Waals surface area (Å²) in [4.78, 5) is 31.1. The summed E-state index contributed by atoms with van der Waals surface area (Å²) in [5.41, 5.74) is 2.14. The number of nitrogens with zero attached hydrogens (tertiary/aromatic N) is 2. The van der Waals surface area contributed by atoms with Crippen LogP contribution < -0.4 is 10.6 Å². The zero-order chi connectivity index (χ0) is 18.4. The Morgan fingerprint density at radius 1 is 1.31 bits per heavy atom. The molecule has 0 bridgehead atoms. The second-order valence-corrected chi connectivity index (χ2v) is 6.96. The van der Waals surface area contributed by atoms with E-state index in [9.17, 15) is 9.59 Å². The number of benzene rings is 1. The number of rotatable bonds is 5.